The van der Waals surface area contributed by atoms with Gasteiger partial charge >= 0.3 is 0 Å². The number of benzene rings is 2. The largest absolute Gasteiger partial charge is 0.593 e. The molecule has 2 heterocycles. The molecule has 2 fully saturated rings. The van der Waals surface area contributed by atoms with Crippen LogP contribution < -0.4 is 9.46 Å². The Bertz CT molecular complexity index is 1130. The molecule has 0 bridgehead atoms. The predicted molar refractivity (Wildman–Crippen MR) is 133 cm³/mol. The van der Waals surface area contributed by atoms with Crippen molar-refractivity contribution in [2.45, 2.75) is 24.8 Å². The molecular weight excluding hydrogens is 465 g/mol. The van der Waals surface area contributed by atoms with E-state index in [1.165, 1.54) is 23.4 Å². The van der Waals surface area contributed by atoms with Gasteiger partial charge in [0.1, 0.15) is 17.8 Å². The fourth-order valence-electron chi connectivity index (χ4n) is 4.70. The summed E-state index contributed by atoms with van der Waals surface area (Å²) >= 11 is -1.56. The van der Waals surface area contributed by atoms with Gasteiger partial charge in [-0.25, -0.2) is 4.39 Å². The summed E-state index contributed by atoms with van der Waals surface area (Å²) in [6.45, 7) is 2.22. The van der Waals surface area contributed by atoms with E-state index in [-0.39, 0.29) is 17.5 Å². The van der Waals surface area contributed by atoms with Gasteiger partial charge in [-0.1, -0.05) is 30.3 Å². The van der Waals surface area contributed by atoms with E-state index < -0.39 is 23.1 Å². The van der Waals surface area contributed by atoms with Crippen LogP contribution in [-0.2, 0) is 11.4 Å². The van der Waals surface area contributed by atoms with Crippen molar-refractivity contribution in [3.63, 3.8) is 0 Å². The Morgan fingerprint density at radius 2 is 1.86 bits per heavy atom. The number of aromatic nitrogens is 1. The number of likely N-dealkylation sites (tertiary alicyclic amines) is 1. The van der Waals surface area contributed by atoms with Crippen LogP contribution >= 0.6 is 0 Å². The molecule has 6 nitrogen and oxygen atoms in total. The maximum atomic E-state index is 14.7. The lowest BCUT2D eigenvalue weighted by Gasteiger charge is -2.44. The van der Waals surface area contributed by atoms with Crippen LogP contribution in [0.2, 0.25) is 0 Å². The van der Waals surface area contributed by atoms with Gasteiger partial charge in [-0.3, -0.25) is 14.7 Å². The number of carbonyl (C=O) groups is 1. The number of ether oxygens (including phenoxy) is 1. The zero-order valence-corrected chi connectivity index (χ0v) is 20.3. The number of rotatable bonds is 9. The third kappa shape index (κ3) is 5.50. The lowest BCUT2D eigenvalue weighted by Crippen LogP contribution is -2.51. The molecule has 1 aromatic heterocycles. The van der Waals surface area contributed by atoms with E-state index in [1.54, 1.807) is 6.07 Å². The second-order valence-corrected chi connectivity index (χ2v) is 10.4. The van der Waals surface area contributed by atoms with Crippen LogP contribution in [-0.4, -0.2) is 46.3 Å². The van der Waals surface area contributed by atoms with Crippen molar-refractivity contribution < 1.29 is 18.5 Å². The van der Waals surface area contributed by atoms with Crippen LogP contribution in [0.15, 0.2) is 67.0 Å². The number of carbonyl (C=O) groups excluding carboxylic acids is 1. The SMILES string of the molecule is C[S+]([O-])NC(=O)c1cc(C2CC2)c(OCC2CN([C@H](c3ccccc3)c3ccncc3)C2)cc1F. The van der Waals surface area contributed by atoms with Gasteiger partial charge in [0.15, 0.2) is 0 Å². The first-order valence-corrected chi connectivity index (χ1v) is 13.3. The molecule has 1 N–H and O–H groups in total. The highest BCUT2D eigenvalue weighted by molar-refractivity contribution is 7.89. The predicted octanol–water partition coefficient (Wildman–Crippen LogP) is 4.22. The number of amides is 1. The normalized spacial score (nSPS) is 17.9. The monoisotopic (exact) mass is 493 g/mol. The molecular formula is C27H28FN3O3S. The Hall–Kier alpha value is -2.94. The topological polar surface area (TPSA) is 77.5 Å². The van der Waals surface area contributed by atoms with E-state index in [9.17, 15) is 13.7 Å². The summed E-state index contributed by atoms with van der Waals surface area (Å²) in [4.78, 5) is 18.8. The van der Waals surface area contributed by atoms with Gasteiger partial charge in [0, 0.05) is 37.5 Å². The van der Waals surface area contributed by atoms with E-state index >= 15 is 0 Å². The molecule has 35 heavy (non-hydrogen) atoms. The highest BCUT2D eigenvalue weighted by Gasteiger charge is 2.35. The third-order valence-electron chi connectivity index (χ3n) is 6.56. The second kappa shape index (κ2) is 10.4. The second-order valence-electron chi connectivity index (χ2n) is 9.25. The van der Waals surface area contributed by atoms with Gasteiger partial charge in [-0.2, -0.15) is 4.72 Å². The molecule has 1 unspecified atom stereocenters. The number of nitrogens with zero attached hydrogens (tertiary/aromatic N) is 2. The maximum absolute atomic E-state index is 14.7. The summed E-state index contributed by atoms with van der Waals surface area (Å²) in [5.74, 6) is -0.231. The average molecular weight is 494 g/mol. The number of hydrogen-bond acceptors (Lipinski definition) is 5. The van der Waals surface area contributed by atoms with Gasteiger partial charge in [0.2, 0.25) is 0 Å². The van der Waals surface area contributed by atoms with Crippen LogP contribution in [0.5, 0.6) is 5.75 Å². The smallest absolute Gasteiger partial charge is 0.295 e. The zero-order valence-electron chi connectivity index (χ0n) is 19.5. The van der Waals surface area contributed by atoms with Crippen molar-refractivity contribution in [3.8, 4) is 5.75 Å². The summed E-state index contributed by atoms with van der Waals surface area (Å²) in [5.41, 5.74) is 3.20. The molecule has 2 aliphatic rings. The van der Waals surface area contributed by atoms with Crippen LogP contribution in [0.3, 0.4) is 0 Å². The minimum Gasteiger partial charge on any atom is -0.593 e. The summed E-state index contributed by atoms with van der Waals surface area (Å²) in [6.07, 6.45) is 6.97. The molecule has 2 aromatic carbocycles. The summed E-state index contributed by atoms with van der Waals surface area (Å²) < 4.78 is 34.4. The molecule has 5 rings (SSSR count). The Balaban J connectivity index is 1.26. The standard InChI is InChI=1S/C27H28FN3O3S/c1-35(33)30-27(32)23-13-22(19-7-8-19)25(14-24(23)28)34-17-18-15-31(16-18)26(20-5-3-2-4-6-20)21-9-11-29-12-10-21/h2-6,9-14,18-19,26H,7-8,15-17H2,1H3,(H,30,32)/t26-,35?/m1/s1. The fourth-order valence-corrected chi connectivity index (χ4v) is 5.07. The summed E-state index contributed by atoms with van der Waals surface area (Å²) in [6, 6.07) is 17.5. The first-order chi connectivity index (χ1) is 17.0. The molecule has 1 amide bonds. The van der Waals surface area contributed by atoms with Crippen molar-refractivity contribution >= 4 is 17.3 Å². The summed E-state index contributed by atoms with van der Waals surface area (Å²) in [5, 5.41) is 0. The number of pyridine rings is 1. The number of hydrogen-bond donors (Lipinski definition) is 1. The molecule has 3 aromatic rings. The van der Waals surface area contributed by atoms with Crippen LogP contribution in [0, 0.1) is 11.7 Å². The van der Waals surface area contributed by atoms with Gasteiger partial charge in [-0.15, -0.1) is 0 Å². The van der Waals surface area contributed by atoms with Crippen LogP contribution in [0.1, 0.15) is 51.8 Å². The van der Waals surface area contributed by atoms with E-state index in [4.69, 9.17) is 4.74 Å². The van der Waals surface area contributed by atoms with Crippen molar-refractivity contribution in [1.82, 2.24) is 14.6 Å². The molecule has 8 heteroatoms. The Morgan fingerprint density at radius 3 is 2.51 bits per heavy atom. The maximum Gasteiger partial charge on any atom is 0.295 e. The van der Waals surface area contributed by atoms with Gasteiger partial charge < -0.3 is 9.29 Å². The molecule has 1 aliphatic heterocycles. The number of halogens is 1. The molecule has 0 spiro atoms. The van der Waals surface area contributed by atoms with E-state index in [0.717, 1.165) is 31.5 Å². The third-order valence-corrected chi connectivity index (χ3v) is 7.03. The Labute approximate surface area is 207 Å². The van der Waals surface area contributed by atoms with E-state index in [2.05, 4.69) is 51.0 Å². The lowest BCUT2D eigenvalue weighted by atomic mass is 9.91. The average Bonchev–Trinajstić information content (AvgIpc) is 3.66. The van der Waals surface area contributed by atoms with E-state index in [0.29, 0.717) is 18.3 Å². The molecule has 0 radical (unpaired) electrons. The zero-order chi connectivity index (χ0) is 24.4. The summed E-state index contributed by atoms with van der Waals surface area (Å²) in [7, 11) is 0. The highest BCUT2D eigenvalue weighted by Crippen LogP contribution is 2.45. The first kappa shape index (κ1) is 23.8. The minimum absolute atomic E-state index is 0.0904. The Kier molecular flexibility index (Phi) is 7.04. The van der Waals surface area contributed by atoms with Crippen molar-refractivity contribution in [2.75, 3.05) is 26.0 Å². The molecule has 182 valence electrons. The van der Waals surface area contributed by atoms with Crippen molar-refractivity contribution in [2.24, 2.45) is 5.92 Å². The van der Waals surface area contributed by atoms with Crippen LogP contribution in [0.25, 0.3) is 0 Å². The van der Waals surface area contributed by atoms with Gasteiger partial charge in [0.25, 0.3) is 5.91 Å². The highest BCUT2D eigenvalue weighted by atomic mass is 32.2. The van der Waals surface area contributed by atoms with Gasteiger partial charge in [-0.05, 0) is 53.6 Å². The Morgan fingerprint density at radius 1 is 1.17 bits per heavy atom. The quantitative estimate of drug-likeness (QED) is 0.452. The van der Waals surface area contributed by atoms with Gasteiger partial charge in [0.05, 0.1) is 29.6 Å². The molecule has 1 aliphatic carbocycles. The fraction of sp³-hybridized carbons (Fsp3) is 0.333. The van der Waals surface area contributed by atoms with Crippen molar-refractivity contribution in [3.05, 3.63) is 95.1 Å². The van der Waals surface area contributed by atoms with E-state index in [1.807, 2.05) is 18.5 Å². The molecule has 1 saturated carbocycles. The van der Waals surface area contributed by atoms with Crippen LogP contribution in [0.4, 0.5) is 4.39 Å². The molecule has 2 atom stereocenters. The first-order valence-electron chi connectivity index (χ1n) is 11.8. The van der Waals surface area contributed by atoms with Crippen molar-refractivity contribution in [1.29, 1.82) is 0 Å². The lowest BCUT2D eigenvalue weighted by molar-refractivity contribution is 0.0375. The number of nitrogens with one attached hydrogen (secondary N) is 1. The molecule has 1 saturated heterocycles. The minimum atomic E-state index is -1.56.